The third-order valence-electron chi connectivity index (χ3n) is 3.06. The molecule has 84 valence electrons. The molecular weight excluding hydrogens is 192 g/mol. The van der Waals surface area contributed by atoms with Gasteiger partial charge in [-0.2, -0.15) is 0 Å². The molecule has 5 heteroatoms. The fourth-order valence-electron chi connectivity index (χ4n) is 2.24. The molecule has 1 heterocycles. The van der Waals surface area contributed by atoms with Gasteiger partial charge in [-0.25, -0.2) is 0 Å². The first-order valence-electron chi connectivity index (χ1n) is 5.60. The Balaban J connectivity index is 2.13. The summed E-state index contributed by atoms with van der Waals surface area (Å²) in [6, 6.07) is 0.474. The van der Waals surface area contributed by atoms with Gasteiger partial charge in [-0.15, -0.1) is 10.2 Å². The van der Waals surface area contributed by atoms with Crippen molar-refractivity contribution in [2.24, 2.45) is 5.73 Å². The van der Waals surface area contributed by atoms with Crippen molar-refractivity contribution in [1.29, 1.82) is 0 Å². The van der Waals surface area contributed by atoms with Crippen molar-refractivity contribution in [3.63, 3.8) is 0 Å². The van der Waals surface area contributed by atoms with Gasteiger partial charge < -0.3 is 15.4 Å². The quantitative estimate of drug-likeness (QED) is 0.769. The van der Waals surface area contributed by atoms with Gasteiger partial charge >= 0.3 is 0 Å². The predicted molar refractivity (Wildman–Crippen MR) is 56.2 cm³/mol. The highest BCUT2D eigenvalue weighted by atomic mass is 16.3. The van der Waals surface area contributed by atoms with E-state index in [1.807, 2.05) is 4.57 Å². The minimum absolute atomic E-state index is 0.471. The van der Waals surface area contributed by atoms with Crippen LogP contribution in [0.15, 0.2) is 6.33 Å². The number of hydrogen-bond donors (Lipinski definition) is 2. The molecule has 0 radical (unpaired) electrons. The number of hydrogen-bond acceptors (Lipinski definition) is 4. The standard InChI is InChI=1S/C10H18N4O/c11-6-5-9(15)10-13-12-7-14(10)8-3-1-2-4-8/h7-9,15H,1-6,11H2/t9-/m0/s1. The number of nitrogens with two attached hydrogens (primary N) is 1. The molecule has 0 aromatic carbocycles. The molecule has 1 atom stereocenters. The Bertz CT molecular complexity index is 306. The van der Waals surface area contributed by atoms with E-state index in [1.54, 1.807) is 6.33 Å². The van der Waals surface area contributed by atoms with E-state index in [0.717, 1.165) is 0 Å². The molecular formula is C10H18N4O. The summed E-state index contributed by atoms with van der Waals surface area (Å²) in [7, 11) is 0. The molecule has 1 saturated carbocycles. The largest absolute Gasteiger partial charge is 0.385 e. The minimum Gasteiger partial charge on any atom is -0.385 e. The summed E-state index contributed by atoms with van der Waals surface area (Å²) in [6.07, 6.45) is 6.56. The van der Waals surface area contributed by atoms with Crippen LogP contribution < -0.4 is 5.73 Å². The van der Waals surface area contributed by atoms with Crippen molar-refractivity contribution >= 4 is 0 Å². The van der Waals surface area contributed by atoms with Crippen LogP contribution in [0.1, 0.15) is 50.1 Å². The van der Waals surface area contributed by atoms with Gasteiger partial charge in [-0.1, -0.05) is 12.8 Å². The van der Waals surface area contributed by atoms with Gasteiger partial charge in [-0.05, 0) is 25.8 Å². The maximum atomic E-state index is 9.85. The molecule has 0 unspecified atom stereocenters. The Hall–Kier alpha value is -0.940. The maximum Gasteiger partial charge on any atom is 0.162 e. The molecule has 0 bridgehead atoms. The number of aliphatic hydroxyl groups is 1. The Labute approximate surface area is 89.3 Å². The van der Waals surface area contributed by atoms with Crippen LogP contribution in [0.5, 0.6) is 0 Å². The van der Waals surface area contributed by atoms with Crippen LogP contribution in [0.4, 0.5) is 0 Å². The molecule has 0 spiro atoms. The highest BCUT2D eigenvalue weighted by Crippen LogP contribution is 2.31. The van der Waals surface area contributed by atoms with E-state index in [2.05, 4.69) is 10.2 Å². The second-order valence-electron chi connectivity index (χ2n) is 4.13. The molecule has 5 nitrogen and oxygen atoms in total. The van der Waals surface area contributed by atoms with Crippen molar-refractivity contribution in [2.75, 3.05) is 6.54 Å². The molecule has 1 aliphatic rings. The summed E-state index contributed by atoms with van der Waals surface area (Å²) < 4.78 is 2.02. The first kappa shape index (κ1) is 10.6. The molecule has 0 aliphatic heterocycles. The summed E-state index contributed by atoms with van der Waals surface area (Å²) in [5.41, 5.74) is 5.42. The van der Waals surface area contributed by atoms with Gasteiger partial charge in [0.25, 0.3) is 0 Å². The van der Waals surface area contributed by atoms with Crippen molar-refractivity contribution < 1.29 is 5.11 Å². The molecule has 3 N–H and O–H groups in total. The van der Waals surface area contributed by atoms with Crippen LogP contribution >= 0.6 is 0 Å². The van der Waals surface area contributed by atoms with Gasteiger partial charge in [0, 0.05) is 6.04 Å². The summed E-state index contributed by atoms with van der Waals surface area (Å²) in [4.78, 5) is 0. The molecule has 1 aromatic heterocycles. The molecule has 2 rings (SSSR count). The highest BCUT2D eigenvalue weighted by Gasteiger charge is 2.22. The Morgan fingerprint density at radius 3 is 2.93 bits per heavy atom. The summed E-state index contributed by atoms with van der Waals surface area (Å²) in [5, 5.41) is 17.7. The lowest BCUT2D eigenvalue weighted by molar-refractivity contribution is 0.152. The summed E-state index contributed by atoms with van der Waals surface area (Å²) in [6.45, 7) is 0.471. The van der Waals surface area contributed by atoms with E-state index in [4.69, 9.17) is 5.73 Å². The predicted octanol–water partition coefficient (Wildman–Crippen LogP) is 0.775. The monoisotopic (exact) mass is 210 g/mol. The minimum atomic E-state index is -0.571. The van der Waals surface area contributed by atoms with Crippen LogP contribution in [0.3, 0.4) is 0 Å². The van der Waals surface area contributed by atoms with E-state index in [9.17, 15) is 5.11 Å². The fourth-order valence-corrected chi connectivity index (χ4v) is 2.24. The van der Waals surface area contributed by atoms with E-state index < -0.39 is 6.10 Å². The molecule has 1 aliphatic carbocycles. The highest BCUT2D eigenvalue weighted by molar-refractivity contribution is 4.95. The topological polar surface area (TPSA) is 77.0 Å². The third-order valence-corrected chi connectivity index (χ3v) is 3.06. The Morgan fingerprint density at radius 1 is 1.53 bits per heavy atom. The van der Waals surface area contributed by atoms with Gasteiger partial charge in [0.05, 0.1) is 0 Å². The van der Waals surface area contributed by atoms with Crippen LogP contribution in [-0.4, -0.2) is 26.4 Å². The number of aromatic nitrogens is 3. The molecule has 15 heavy (non-hydrogen) atoms. The van der Waals surface area contributed by atoms with Crippen molar-refractivity contribution in [3.05, 3.63) is 12.2 Å². The van der Waals surface area contributed by atoms with Crippen LogP contribution in [-0.2, 0) is 0 Å². The summed E-state index contributed by atoms with van der Waals surface area (Å²) >= 11 is 0. The van der Waals surface area contributed by atoms with Crippen LogP contribution in [0.2, 0.25) is 0 Å². The number of nitrogens with zero attached hydrogens (tertiary/aromatic N) is 3. The maximum absolute atomic E-state index is 9.85. The lowest BCUT2D eigenvalue weighted by atomic mass is 10.2. The SMILES string of the molecule is NCC[C@H](O)c1nncn1C1CCCC1. The zero-order valence-electron chi connectivity index (χ0n) is 8.84. The van der Waals surface area contributed by atoms with E-state index in [0.29, 0.717) is 24.8 Å². The zero-order valence-corrected chi connectivity index (χ0v) is 8.84. The van der Waals surface area contributed by atoms with Crippen molar-refractivity contribution in [3.8, 4) is 0 Å². The average molecular weight is 210 g/mol. The van der Waals surface area contributed by atoms with E-state index in [1.165, 1.54) is 25.7 Å². The third kappa shape index (κ3) is 2.18. The van der Waals surface area contributed by atoms with Crippen LogP contribution in [0, 0.1) is 0 Å². The smallest absolute Gasteiger partial charge is 0.162 e. The Kier molecular flexibility index (Phi) is 3.33. The molecule has 0 amide bonds. The zero-order chi connectivity index (χ0) is 10.7. The van der Waals surface area contributed by atoms with Gasteiger partial charge in [0.15, 0.2) is 5.82 Å². The molecule has 1 aromatic rings. The lowest BCUT2D eigenvalue weighted by Gasteiger charge is -2.16. The number of aliphatic hydroxyl groups excluding tert-OH is 1. The number of rotatable bonds is 4. The average Bonchev–Trinajstić information content (AvgIpc) is 2.88. The van der Waals surface area contributed by atoms with Gasteiger partial charge in [-0.3, -0.25) is 0 Å². The summed E-state index contributed by atoms with van der Waals surface area (Å²) in [5.74, 6) is 0.673. The first-order chi connectivity index (χ1) is 7.33. The molecule has 1 fully saturated rings. The lowest BCUT2D eigenvalue weighted by Crippen LogP contribution is -2.15. The van der Waals surface area contributed by atoms with Gasteiger partial charge in [0.1, 0.15) is 12.4 Å². The normalized spacial score (nSPS) is 19.6. The van der Waals surface area contributed by atoms with E-state index in [-0.39, 0.29) is 0 Å². The fraction of sp³-hybridized carbons (Fsp3) is 0.800. The van der Waals surface area contributed by atoms with Crippen LogP contribution in [0.25, 0.3) is 0 Å². The Morgan fingerprint density at radius 2 is 2.27 bits per heavy atom. The second-order valence-corrected chi connectivity index (χ2v) is 4.13. The van der Waals surface area contributed by atoms with E-state index >= 15 is 0 Å². The van der Waals surface area contributed by atoms with Crippen molar-refractivity contribution in [2.45, 2.75) is 44.2 Å². The molecule has 0 saturated heterocycles. The van der Waals surface area contributed by atoms with Gasteiger partial charge in [0.2, 0.25) is 0 Å². The second kappa shape index (κ2) is 4.72. The first-order valence-corrected chi connectivity index (χ1v) is 5.60. The van der Waals surface area contributed by atoms with Crippen molar-refractivity contribution in [1.82, 2.24) is 14.8 Å².